The van der Waals surface area contributed by atoms with Gasteiger partial charge in [0.2, 0.25) is 0 Å². The second-order valence-electron chi connectivity index (χ2n) is 4.47. The molecule has 0 aliphatic heterocycles. The van der Waals surface area contributed by atoms with E-state index >= 15 is 0 Å². The summed E-state index contributed by atoms with van der Waals surface area (Å²) in [5.41, 5.74) is 0. The summed E-state index contributed by atoms with van der Waals surface area (Å²) in [5.74, 6) is 0. The Kier molecular flexibility index (Phi) is 10.4. The molecule has 0 aromatic heterocycles. The fourth-order valence-corrected chi connectivity index (χ4v) is 2.37. The fraction of sp³-hybridized carbons (Fsp3) is 1.00. The Labute approximate surface area is 117 Å². The second kappa shape index (κ2) is 10.5. The number of ether oxygens (including phenoxy) is 1. The molecule has 0 aliphatic rings. The SMILES string of the molecule is CNCCCN(C)S(=O)(=O)NCCN(C)CCOC. The van der Waals surface area contributed by atoms with Crippen molar-refractivity contribution in [1.29, 1.82) is 0 Å². The van der Waals surface area contributed by atoms with Crippen molar-refractivity contribution >= 4 is 10.2 Å². The Morgan fingerprint density at radius 2 is 1.79 bits per heavy atom. The first-order chi connectivity index (χ1) is 8.94. The van der Waals surface area contributed by atoms with Gasteiger partial charge in [0.1, 0.15) is 0 Å². The largest absolute Gasteiger partial charge is 0.383 e. The smallest absolute Gasteiger partial charge is 0.279 e. The van der Waals surface area contributed by atoms with Gasteiger partial charge >= 0.3 is 0 Å². The lowest BCUT2D eigenvalue weighted by Gasteiger charge is -2.20. The van der Waals surface area contributed by atoms with Crippen molar-refractivity contribution in [2.75, 3.05) is 67.6 Å². The Hall–Kier alpha value is -0.250. The highest BCUT2D eigenvalue weighted by molar-refractivity contribution is 7.87. The number of likely N-dealkylation sites (N-methyl/N-ethyl adjacent to an activating group) is 1. The first-order valence-electron chi connectivity index (χ1n) is 6.47. The van der Waals surface area contributed by atoms with E-state index in [0.717, 1.165) is 19.5 Å². The fourth-order valence-electron chi connectivity index (χ4n) is 1.43. The first-order valence-corrected chi connectivity index (χ1v) is 7.91. The van der Waals surface area contributed by atoms with Gasteiger partial charge in [0.05, 0.1) is 6.61 Å². The number of hydrogen-bond acceptors (Lipinski definition) is 5. The van der Waals surface area contributed by atoms with Gasteiger partial charge in [-0.15, -0.1) is 0 Å². The van der Waals surface area contributed by atoms with Crippen molar-refractivity contribution in [1.82, 2.24) is 19.2 Å². The molecular weight excluding hydrogens is 268 g/mol. The Balaban J connectivity index is 3.89. The van der Waals surface area contributed by atoms with Crippen molar-refractivity contribution in [2.24, 2.45) is 0 Å². The van der Waals surface area contributed by atoms with E-state index in [1.54, 1.807) is 14.2 Å². The quantitative estimate of drug-likeness (QED) is 0.449. The average Bonchev–Trinajstić information content (AvgIpc) is 2.36. The highest BCUT2D eigenvalue weighted by atomic mass is 32.2. The molecule has 0 rings (SSSR count). The van der Waals surface area contributed by atoms with Crippen LogP contribution in [0.4, 0.5) is 0 Å². The third-order valence-electron chi connectivity index (χ3n) is 2.77. The summed E-state index contributed by atoms with van der Waals surface area (Å²) in [4.78, 5) is 2.02. The van der Waals surface area contributed by atoms with Crippen molar-refractivity contribution in [2.45, 2.75) is 6.42 Å². The van der Waals surface area contributed by atoms with Crippen LogP contribution < -0.4 is 10.0 Å². The zero-order valence-corrected chi connectivity index (χ0v) is 13.3. The van der Waals surface area contributed by atoms with Gasteiger partial charge in [-0.25, -0.2) is 4.72 Å². The summed E-state index contributed by atoms with van der Waals surface area (Å²) in [6, 6.07) is 0. The summed E-state index contributed by atoms with van der Waals surface area (Å²) in [6.45, 7) is 3.81. The van der Waals surface area contributed by atoms with E-state index in [4.69, 9.17) is 4.74 Å². The molecule has 8 heteroatoms. The molecule has 116 valence electrons. The molecule has 0 spiro atoms. The molecule has 0 amide bonds. The molecular formula is C11H28N4O3S. The van der Waals surface area contributed by atoms with E-state index in [1.165, 1.54) is 4.31 Å². The second-order valence-corrected chi connectivity index (χ2v) is 6.34. The highest BCUT2D eigenvalue weighted by Gasteiger charge is 2.16. The predicted octanol–water partition coefficient (Wildman–Crippen LogP) is -1.06. The van der Waals surface area contributed by atoms with Gasteiger partial charge in [0, 0.05) is 40.3 Å². The van der Waals surface area contributed by atoms with Crippen LogP contribution in [-0.2, 0) is 14.9 Å². The molecule has 0 unspecified atom stereocenters. The molecule has 0 aromatic carbocycles. The normalized spacial score (nSPS) is 12.5. The number of rotatable bonds is 12. The number of nitrogens with zero attached hydrogens (tertiary/aromatic N) is 2. The maximum absolute atomic E-state index is 11.9. The summed E-state index contributed by atoms with van der Waals surface area (Å²) in [6.07, 6.45) is 0.793. The van der Waals surface area contributed by atoms with Crippen molar-refractivity contribution in [3.63, 3.8) is 0 Å². The van der Waals surface area contributed by atoms with E-state index in [0.29, 0.717) is 26.2 Å². The minimum atomic E-state index is -3.36. The molecule has 0 aliphatic carbocycles. The van der Waals surface area contributed by atoms with E-state index < -0.39 is 10.2 Å². The van der Waals surface area contributed by atoms with Crippen LogP contribution in [0, 0.1) is 0 Å². The van der Waals surface area contributed by atoms with Crippen molar-refractivity contribution in [3.05, 3.63) is 0 Å². The Morgan fingerprint density at radius 3 is 2.37 bits per heavy atom. The molecule has 2 N–H and O–H groups in total. The van der Waals surface area contributed by atoms with Crippen LogP contribution in [-0.4, -0.2) is 85.2 Å². The first kappa shape index (κ1) is 18.8. The lowest BCUT2D eigenvalue weighted by molar-refractivity contribution is 0.162. The van der Waals surface area contributed by atoms with E-state index in [2.05, 4.69) is 10.0 Å². The predicted molar refractivity (Wildman–Crippen MR) is 77.5 cm³/mol. The third kappa shape index (κ3) is 9.31. The number of nitrogens with one attached hydrogen (secondary N) is 2. The van der Waals surface area contributed by atoms with Crippen LogP contribution in [0.15, 0.2) is 0 Å². The van der Waals surface area contributed by atoms with E-state index in [1.807, 2.05) is 19.0 Å². The van der Waals surface area contributed by atoms with E-state index in [-0.39, 0.29) is 0 Å². The number of methoxy groups -OCH3 is 1. The molecule has 0 radical (unpaired) electrons. The average molecular weight is 296 g/mol. The minimum absolute atomic E-state index is 0.402. The van der Waals surface area contributed by atoms with Crippen LogP contribution >= 0.6 is 0 Å². The van der Waals surface area contributed by atoms with Gasteiger partial charge in [0.25, 0.3) is 10.2 Å². The molecule has 0 bridgehead atoms. The Morgan fingerprint density at radius 1 is 1.11 bits per heavy atom. The van der Waals surface area contributed by atoms with Gasteiger partial charge in [-0.05, 0) is 27.1 Å². The lowest BCUT2D eigenvalue weighted by atomic mass is 10.4. The van der Waals surface area contributed by atoms with Gasteiger partial charge in [-0.3, -0.25) is 0 Å². The maximum Gasteiger partial charge on any atom is 0.279 e. The number of hydrogen-bond donors (Lipinski definition) is 2. The molecule has 7 nitrogen and oxygen atoms in total. The summed E-state index contributed by atoms with van der Waals surface area (Å²) < 4.78 is 32.6. The van der Waals surface area contributed by atoms with Crippen LogP contribution in [0.3, 0.4) is 0 Å². The zero-order valence-electron chi connectivity index (χ0n) is 12.5. The summed E-state index contributed by atoms with van der Waals surface area (Å²) >= 11 is 0. The van der Waals surface area contributed by atoms with Gasteiger partial charge in [0.15, 0.2) is 0 Å². The molecule has 0 fully saturated rings. The van der Waals surface area contributed by atoms with Gasteiger partial charge in [-0.1, -0.05) is 0 Å². The van der Waals surface area contributed by atoms with Crippen LogP contribution in [0.1, 0.15) is 6.42 Å². The topological polar surface area (TPSA) is 73.9 Å². The Bertz CT molecular complexity index is 311. The summed E-state index contributed by atoms with van der Waals surface area (Å²) in [7, 11) is 3.66. The highest BCUT2D eigenvalue weighted by Crippen LogP contribution is 1.95. The van der Waals surface area contributed by atoms with Gasteiger partial charge < -0.3 is 15.0 Å². The molecule has 0 heterocycles. The molecule has 0 atom stereocenters. The van der Waals surface area contributed by atoms with Gasteiger partial charge in [-0.2, -0.15) is 12.7 Å². The summed E-state index contributed by atoms with van der Waals surface area (Å²) in [5, 5.41) is 2.99. The lowest BCUT2D eigenvalue weighted by Crippen LogP contribution is -2.42. The molecule has 0 saturated carbocycles. The van der Waals surface area contributed by atoms with Crippen molar-refractivity contribution < 1.29 is 13.2 Å². The zero-order chi connectivity index (χ0) is 14.7. The van der Waals surface area contributed by atoms with Crippen molar-refractivity contribution in [3.8, 4) is 0 Å². The molecule has 0 saturated heterocycles. The van der Waals surface area contributed by atoms with Crippen LogP contribution in [0.25, 0.3) is 0 Å². The van der Waals surface area contributed by atoms with E-state index in [9.17, 15) is 8.42 Å². The van der Waals surface area contributed by atoms with Crippen LogP contribution in [0.2, 0.25) is 0 Å². The third-order valence-corrected chi connectivity index (χ3v) is 4.34. The molecule has 19 heavy (non-hydrogen) atoms. The maximum atomic E-state index is 11.9. The van der Waals surface area contributed by atoms with Crippen LogP contribution in [0.5, 0.6) is 0 Å². The standard InChI is InChI=1S/C11H28N4O3S/c1-12-6-5-8-15(3)19(16,17)13-7-9-14(2)10-11-18-4/h12-13H,5-11H2,1-4H3. The monoisotopic (exact) mass is 296 g/mol. The molecule has 0 aromatic rings. The minimum Gasteiger partial charge on any atom is -0.383 e.